The van der Waals surface area contributed by atoms with Gasteiger partial charge in [-0.15, -0.1) is 22.7 Å². The zero-order chi connectivity index (χ0) is 77.9. The fraction of sp³-hybridized carbons (Fsp3) is 0.455. The van der Waals surface area contributed by atoms with Crippen LogP contribution in [-0.2, 0) is 52.8 Å². The van der Waals surface area contributed by atoms with Crippen molar-refractivity contribution in [3.8, 4) is 0 Å². The van der Waals surface area contributed by atoms with Crippen LogP contribution in [0, 0.1) is 27.7 Å². The number of furan rings is 2. The number of Topliss-reactive ketones (excluding diaryl/α,β-unsaturated/α-hetero) is 2. The summed E-state index contributed by atoms with van der Waals surface area (Å²) in [6.45, 7) is 48.5. The van der Waals surface area contributed by atoms with Gasteiger partial charge < -0.3 is 28.5 Å². The number of carboxylic acids is 2. The molecule has 14 nitrogen and oxygen atoms in total. The Morgan fingerprint density at radius 2 is 0.644 bits per heavy atom. The first-order valence-electron chi connectivity index (χ1n) is 35.7. The average Bonchev–Trinajstić information content (AvgIpc) is 0.857. The number of ketones is 4. The van der Waals surface area contributed by atoms with Gasteiger partial charge in [0.1, 0.15) is 9.75 Å². The molecule has 0 saturated heterocycles. The van der Waals surface area contributed by atoms with Crippen LogP contribution in [0.15, 0.2) is 118 Å². The predicted molar refractivity (Wildman–Crippen MR) is 415 cm³/mol. The zero-order valence-electron chi connectivity index (χ0n) is 65.7. The van der Waals surface area contributed by atoms with E-state index in [4.69, 9.17) is 14.6 Å². The van der Waals surface area contributed by atoms with Gasteiger partial charge in [-0.05, 0) is 246 Å². The van der Waals surface area contributed by atoms with Crippen LogP contribution in [-0.4, -0.2) is 71.4 Å². The first-order valence-corrected chi connectivity index (χ1v) is 37.3. The minimum absolute atomic E-state index is 0.00842. The third-order valence-corrected chi connectivity index (χ3v) is 23.9. The molecule has 0 atom stereocenters. The van der Waals surface area contributed by atoms with E-state index >= 15 is 0 Å². The van der Waals surface area contributed by atoms with E-state index in [1.807, 2.05) is 19.9 Å². The van der Waals surface area contributed by atoms with Crippen molar-refractivity contribution in [2.75, 3.05) is 14.2 Å². The van der Waals surface area contributed by atoms with E-state index in [0.29, 0.717) is 41.9 Å². The quantitative estimate of drug-likeness (QED) is 0.0961. The second kappa shape index (κ2) is 31.6. The number of aryl methyl sites for hydroxylation is 4. The fourth-order valence-corrected chi connectivity index (χ4v) is 15.8. The van der Waals surface area contributed by atoms with Crippen molar-refractivity contribution in [1.82, 2.24) is 0 Å². The molecule has 0 spiro atoms. The number of ether oxygens (including phenoxy) is 2. The van der Waals surface area contributed by atoms with Gasteiger partial charge in [0.2, 0.25) is 23.1 Å². The Balaban J connectivity index is 0.000000179. The number of fused-ring (bicyclic) bond motifs is 4. The standard InChI is InChI=1S/C22H26O3.C22H26O2S.2C15H22.C7H6O5.C7H6O4S/c2*1-13-11-16-17(22(5,6)10-9-21(16,3)4)12-15(13)20(24)19-8-7-18(25-19)14(2)23;2*1-11-6-7-12-13(10-11)15(4,5)9-8-14(12,2)3;2*1-11-7(10)5-3-2-4(12-5)6(8)9/h2*7-8,11-12H,9-10H2,1-6H3;2*6-7,10H,8-9H2,1-5H3;2*2-3H,1H3,(H,8,9). The predicted octanol–water partition coefficient (Wildman–Crippen LogP) is 21.9. The molecule has 0 amide bonds. The molecular weight excluding hydrogens is 1350 g/mol. The summed E-state index contributed by atoms with van der Waals surface area (Å²) >= 11 is 2.19. The summed E-state index contributed by atoms with van der Waals surface area (Å²) in [5.74, 6) is -3.70. The summed E-state index contributed by atoms with van der Waals surface area (Å²) in [5.41, 5.74) is 19.5. The Kier molecular flexibility index (Phi) is 25.1. The maximum atomic E-state index is 13.1. The van der Waals surface area contributed by atoms with Crippen molar-refractivity contribution in [2.45, 2.75) is 247 Å². The molecule has 0 bridgehead atoms. The van der Waals surface area contributed by atoms with E-state index in [9.17, 15) is 38.4 Å². The number of aromatic carboxylic acids is 2. The van der Waals surface area contributed by atoms with Gasteiger partial charge in [-0.1, -0.05) is 170 Å². The summed E-state index contributed by atoms with van der Waals surface area (Å²) in [5, 5.41) is 16.9. The van der Waals surface area contributed by atoms with E-state index in [1.54, 1.807) is 46.5 Å². The molecule has 12 rings (SSSR count). The van der Waals surface area contributed by atoms with Gasteiger partial charge in [-0.3, -0.25) is 19.2 Å². The van der Waals surface area contributed by atoms with E-state index in [2.05, 4.69) is 193 Å². The number of thiophene rings is 2. The molecule has 0 unspecified atom stereocenters. The van der Waals surface area contributed by atoms with Crippen molar-refractivity contribution in [1.29, 1.82) is 0 Å². The maximum absolute atomic E-state index is 13.1. The molecule has 8 aromatic rings. The minimum Gasteiger partial charge on any atom is -0.477 e. The first kappa shape index (κ1) is 82.7. The SMILES string of the molecule is CC(=O)c1ccc(C(=O)c2cc3c(cc2C)C(C)(C)CCC3(C)C)o1.CC(=O)c1ccc(C(=O)c2cc3c(cc2C)C(C)(C)CCC3(C)C)s1.COC(=O)c1ccc(C(=O)O)o1.COC(=O)c1ccc(C(=O)O)s1.Cc1ccc2c(c1)C(C)(C)CCC2(C)C.Cc1ccc2c(c1)C(C)(C)CCC2(C)C. The first-order chi connectivity index (χ1) is 48.0. The lowest BCUT2D eigenvalue weighted by Crippen LogP contribution is -2.34. The fourth-order valence-electron chi connectivity index (χ4n) is 14.2. The number of carbonyl (C=O) groups is 8. The van der Waals surface area contributed by atoms with Crippen molar-refractivity contribution in [3.63, 3.8) is 0 Å². The topological polar surface area (TPSA) is 222 Å². The highest BCUT2D eigenvalue weighted by Gasteiger charge is 2.42. The largest absolute Gasteiger partial charge is 0.477 e. The number of hydrogen-bond acceptors (Lipinski definition) is 14. The summed E-state index contributed by atoms with van der Waals surface area (Å²) in [4.78, 5) is 92.9. The lowest BCUT2D eigenvalue weighted by Gasteiger charge is -2.42. The number of carboxylic acid groups (broad SMARTS) is 2. The second-order valence-corrected chi connectivity index (χ2v) is 35.8. The normalized spacial score (nSPS) is 17.2. The Hall–Kier alpha value is -8.60. The molecule has 0 fully saturated rings. The van der Waals surface area contributed by atoms with Crippen LogP contribution in [0.1, 0.15) is 335 Å². The number of benzene rings is 4. The minimum atomic E-state index is -1.22. The lowest BCUT2D eigenvalue weighted by molar-refractivity contribution is 0.0551. The van der Waals surface area contributed by atoms with Crippen molar-refractivity contribution in [2.24, 2.45) is 0 Å². The highest BCUT2D eigenvalue weighted by atomic mass is 32.1. The van der Waals surface area contributed by atoms with Gasteiger partial charge in [0.15, 0.2) is 23.1 Å². The van der Waals surface area contributed by atoms with E-state index in [0.717, 1.165) is 53.7 Å². The maximum Gasteiger partial charge on any atom is 0.373 e. The summed E-state index contributed by atoms with van der Waals surface area (Å²) in [6.07, 6.45) is 9.72. The van der Waals surface area contributed by atoms with Crippen LogP contribution in [0.2, 0.25) is 0 Å². The Morgan fingerprint density at radius 1 is 0.327 bits per heavy atom. The summed E-state index contributed by atoms with van der Waals surface area (Å²) < 4.78 is 18.8. The molecule has 4 aliphatic carbocycles. The van der Waals surface area contributed by atoms with Crippen LogP contribution in [0.4, 0.5) is 0 Å². The molecule has 0 saturated carbocycles. The number of methoxy groups -OCH3 is 2. The molecule has 16 heteroatoms. The molecule has 4 aliphatic rings. The van der Waals surface area contributed by atoms with Gasteiger partial charge in [0.25, 0.3) is 0 Å². The molecule has 556 valence electrons. The lowest BCUT2D eigenvalue weighted by atomic mass is 9.62. The van der Waals surface area contributed by atoms with Gasteiger partial charge >= 0.3 is 23.9 Å². The molecule has 4 aromatic heterocycles. The van der Waals surface area contributed by atoms with E-state index < -0.39 is 23.9 Å². The van der Waals surface area contributed by atoms with Crippen molar-refractivity contribution >= 4 is 69.7 Å². The van der Waals surface area contributed by atoms with Gasteiger partial charge in [0.05, 0.1) is 24.0 Å². The molecule has 104 heavy (non-hydrogen) atoms. The molecule has 0 radical (unpaired) electrons. The Bertz CT molecular complexity index is 4290. The molecule has 2 N–H and O–H groups in total. The third-order valence-electron chi connectivity index (χ3n) is 21.7. The number of hydrogen-bond donors (Lipinski definition) is 2. The van der Waals surface area contributed by atoms with Crippen LogP contribution in [0.25, 0.3) is 0 Å². The molecule has 4 heterocycles. The van der Waals surface area contributed by atoms with Crippen molar-refractivity contribution < 1.29 is 66.9 Å². The molecular formula is C88H108O14S2. The van der Waals surface area contributed by atoms with Crippen LogP contribution in [0.5, 0.6) is 0 Å². The van der Waals surface area contributed by atoms with Gasteiger partial charge in [-0.25, -0.2) is 19.2 Å². The van der Waals surface area contributed by atoms with Crippen LogP contribution < -0.4 is 0 Å². The van der Waals surface area contributed by atoms with E-state index in [1.165, 1.54) is 123 Å². The Morgan fingerprint density at radius 3 is 0.990 bits per heavy atom. The molecule has 0 aliphatic heterocycles. The zero-order valence-corrected chi connectivity index (χ0v) is 67.3. The second-order valence-electron chi connectivity index (χ2n) is 33.6. The monoisotopic (exact) mass is 1450 g/mol. The smallest absolute Gasteiger partial charge is 0.373 e. The number of esters is 2. The average molecular weight is 1450 g/mol. The van der Waals surface area contributed by atoms with Crippen LogP contribution >= 0.6 is 22.7 Å². The molecule has 4 aromatic carbocycles. The van der Waals surface area contributed by atoms with Gasteiger partial charge in [0, 0.05) is 18.1 Å². The van der Waals surface area contributed by atoms with Gasteiger partial charge in [-0.2, -0.15) is 0 Å². The van der Waals surface area contributed by atoms with E-state index in [-0.39, 0.29) is 72.7 Å². The highest BCUT2D eigenvalue weighted by Crippen LogP contribution is 2.50. The highest BCUT2D eigenvalue weighted by molar-refractivity contribution is 7.16. The van der Waals surface area contributed by atoms with Crippen LogP contribution in [0.3, 0.4) is 0 Å². The Labute approximate surface area is 623 Å². The van der Waals surface area contributed by atoms with Crippen molar-refractivity contribution in [3.05, 3.63) is 230 Å². The third kappa shape index (κ3) is 18.9. The summed E-state index contributed by atoms with van der Waals surface area (Å²) in [6, 6.07) is 34.4. The number of rotatable bonds is 10. The number of carbonyl (C=O) groups excluding carboxylic acids is 6. The summed E-state index contributed by atoms with van der Waals surface area (Å²) in [7, 11) is 2.44.